The SMILES string of the molecule is CCc1cccc(C(=O)c2ccc(OC)cc2N)c1. The summed E-state index contributed by atoms with van der Waals surface area (Å²) in [6, 6.07) is 12.7. The molecule has 3 heteroatoms. The van der Waals surface area contributed by atoms with Crippen LogP contribution in [0.4, 0.5) is 5.69 Å². The van der Waals surface area contributed by atoms with E-state index in [4.69, 9.17) is 10.5 Å². The molecule has 0 amide bonds. The first-order valence-corrected chi connectivity index (χ1v) is 6.23. The molecule has 0 bridgehead atoms. The zero-order valence-corrected chi connectivity index (χ0v) is 11.1. The highest BCUT2D eigenvalue weighted by atomic mass is 16.5. The zero-order valence-electron chi connectivity index (χ0n) is 11.1. The Kier molecular flexibility index (Phi) is 3.85. The summed E-state index contributed by atoms with van der Waals surface area (Å²) in [5.41, 5.74) is 8.65. The van der Waals surface area contributed by atoms with Crippen LogP contribution in [-0.2, 0) is 6.42 Å². The lowest BCUT2D eigenvalue weighted by atomic mass is 9.99. The number of hydrogen-bond donors (Lipinski definition) is 1. The van der Waals surface area contributed by atoms with Crippen molar-refractivity contribution in [1.29, 1.82) is 0 Å². The van der Waals surface area contributed by atoms with Crippen LogP contribution in [0.15, 0.2) is 42.5 Å². The minimum absolute atomic E-state index is 0.0598. The van der Waals surface area contributed by atoms with E-state index in [2.05, 4.69) is 6.92 Å². The summed E-state index contributed by atoms with van der Waals surface area (Å²) >= 11 is 0. The Morgan fingerprint density at radius 3 is 2.63 bits per heavy atom. The fraction of sp³-hybridized carbons (Fsp3) is 0.188. The quantitative estimate of drug-likeness (QED) is 0.674. The number of benzene rings is 2. The molecule has 0 aliphatic carbocycles. The molecule has 2 aromatic carbocycles. The molecule has 19 heavy (non-hydrogen) atoms. The number of ketones is 1. The van der Waals surface area contributed by atoms with Gasteiger partial charge in [-0.25, -0.2) is 0 Å². The van der Waals surface area contributed by atoms with Gasteiger partial charge in [-0.1, -0.05) is 25.1 Å². The second-order valence-corrected chi connectivity index (χ2v) is 4.34. The molecule has 98 valence electrons. The highest BCUT2D eigenvalue weighted by Gasteiger charge is 2.13. The van der Waals surface area contributed by atoms with Gasteiger partial charge >= 0.3 is 0 Å². The number of hydrogen-bond acceptors (Lipinski definition) is 3. The number of nitrogens with two attached hydrogens (primary N) is 1. The minimum atomic E-state index is -0.0598. The molecule has 2 N–H and O–H groups in total. The van der Waals surface area contributed by atoms with E-state index in [1.54, 1.807) is 25.3 Å². The van der Waals surface area contributed by atoms with E-state index in [0.29, 0.717) is 22.6 Å². The first-order chi connectivity index (χ1) is 9.15. The largest absolute Gasteiger partial charge is 0.497 e. The summed E-state index contributed by atoms with van der Waals surface area (Å²) in [4.78, 5) is 12.4. The molecule has 3 nitrogen and oxygen atoms in total. The molecule has 0 unspecified atom stereocenters. The third-order valence-electron chi connectivity index (χ3n) is 3.10. The molecule has 0 saturated carbocycles. The third-order valence-corrected chi connectivity index (χ3v) is 3.10. The fourth-order valence-corrected chi connectivity index (χ4v) is 1.96. The van der Waals surface area contributed by atoms with Gasteiger partial charge in [0.1, 0.15) is 5.75 Å². The lowest BCUT2D eigenvalue weighted by molar-refractivity contribution is 0.103. The van der Waals surface area contributed by atoms with Crippen LogP contribution in [-0.4, -0.2) is 12.9 Å². The molecular weight excluding hydrogens is 238 g/mol. The molecule has 0 atom stereocenters. The molecule has 0 fully saturated rings. The first-order valence-electron chi connectivity index (χ1n) is 6.23. The van der Waals surface area contributed by atoms with Gasteiger partial charge in [0.2, 0.25) is 0 Å². The average molecular weight is 255 g/mol. The van der Waals surface area contributed by atoms with Crippen molar-refractivity contribution in [3.05, 3.63) is 59.2 Å². The number of rotatable bonds is 4. The van der Waals surface area contributed by atoms with Crippen molar-refractivity contribution < 1.29 is 9.53 Å². The summed E-state index contributed by atoms with van der Waals surface area (Å²) in [6.07, 6.45) is 0.902. The maximum Gasteiger partial charge on any atom is 0.195 e. The number of methoxy groups -OCH3 is 1. The van der Waals surface area contributed by atoms with Crippen molar-refractivity contribution in [2.45, 2.75) is 13.3 Å². The lowest BCUT2D eigenvalue weighted by Gasteiger charge is -2.08. The normalized spacial score (nSPS) is 10.2. The summed E-state index contributed by atoms with van der Waals surface area (Å²) in [5, 5.41) is 0. The van der Waals surface area contributed by atoms with Gasteiger partial charge in [-0.3, -0.25) is 4.79 Å². The van der Waals surface area contributed by atoms with Gasteiger partial charge in [0.25, 0.3) is 0 Å². The van der Waals surface area contributed by atoms with Crippen molar-refractivity contribution in [3.8, 4) is 5.75 Å². The fourth-order valence-electron chi connectivity index (χ4n) is 1.96. The van der Waals surface area contributed by atoms with Crippen molar-refractivity contribution >= 4 is 11.5 Å². The first kappa shape index (κ1) is 13.1. The van der Waals surface area contributed by atoms with E-state index < -0.39 is 0 Å². The van der Waals surface area contributed by atoms with Crippen LogP contribution >= 0.6 is 0 Å². The number of nitrogen functional groups attached to an aromatic ring is 1. The molecule has 0 spiro atoms. The van der Waals surface area contributed by atoms with Gasteiger partial charge in [0, 0.05) is 22.9 Å². The summed E-state index contributed by atoms with van der Waals surface area (Å²) in [7, 11) is 1.57. The Morgan fingerprint density at radius 2 is 2.00 bits per heavy atom. The Morgan fingerprint density at radius 1 is 1.21 bits per heavy atom. The number of anilines is 1. The second kappa shape index (κ2) is 5.57. The van der Waals surface area contributed by atoms with E-state index in [0.717, 1.165) is 12.0 Å². The summed E-state index contributed by atoms with van der Waals surface area (Å²) in [6.45, 7) is 2.06. The standard InChI is InChI=1S/C16H17NO2/c1-3-11-5-4-6-12(9-11)16(18)14-8-7-13(19-2)10-15(14)17/h4-10H,3,17H2,1-2H3. The van der Waals surface area contributed by atoms with E-state index in [1.807, 2.05) is 24.3 Å². The van der Waals surface area contributed by atoms with Gasteiger partial charge < -0.3 is 10.5 Å². The van der Waals surface area contributed by atoms with Gasteiger partial charge in [0.05, 0.1) is 7.11 Å². The monoisotopic (exact) mass is 255 g/mol. The van der Waals surface area contributed by atoms with Crippen molar-refractivity contribution in [1.82, 2.24) is 0 Å². The molecule has 0 saturated heterocycles. The van der Waals surface area contributed by atoms with Crippen LogP contribution in [0.2, 0.25) is 0 Å². The smallest absolute Gasteiger partial charge is 0.195 e. The van der Waals surface area contributed by atoms with Gasteiger partial charge in [-0.05, 0) is 30.2 Å². The van der Waals surface area contributed by atoms with Crippen LogP contribution in [0.3, 0.4) is 0 Å². The highest BCUT2D eigenvalue weighted by molar-refractivity contribution is 6.12. The molecule has 0 heterocycles. The predicted octanol–water partition coefficient (Wildman–Crippen LogP) is 3.07. The maximum atomic E-state index is 12.4. The predicted molar refractivity (Wildman–Crippen MR) is 76.7 cm³/mol. The topological polar surface area (TPSA) is 52.3 Å². The van der Waals surface area contributed by atoms with E-state index in [9.17, 15) is 4.79 Å². The van der Waals surface area contributed by atoms with Gasteiger partial charge in [-0.15, -0.1) is 0 Å². The summed E-state index contributed by atoms with van der Waals surface area (Å²) in [5.74, 6) is 0.590. The summed E-state index contributed by atoms with van der Waals surface area (Å²) < 4.78 is 5.08. The number of carbonyl (C=O) groups is 1. The molecule has 0 aromatic heterocycles. The number of ether oxygens (including phenoxy) is 1. The maximum absolute atomic E-state index is 12.4. The minimum Gasteiger partial charge on any atom is -0.497 e. The van der Waals surface area contributed by atoms with Crippen molar-refractivity contribution in [2.75, 3.05) is 12.8 Å². The molecule has 0 aliphatic rings. The number of aryl methyl sites for hydroxylation is 1. The Labute approximate surface area is 113 Å². The highest BCUT2D eigenvalue weighted by Crippen LogP contribution is 2.22. The van der Waals surface area contributed by atoms with E-state index in [1.165, 1.54) is 0 Å². The lowest BCUT2D eigenvalue weighted by Crippen LogP contribution is -2.06. The van der Waals surface area contributed by atoms with Crippen molar-refractivity contribution in [2.24, 2.45) is 0 Å². The molecule has 0 aliphatic heterocycles. The van der Waals surface area contributed by atoms with Crippen LogP contribution in [0.5, 0.6) is 5.75 Å². The Bertz CT molecular complexity index is 605. The Hall–Kier alpha value is -2.29. The van der Waals surface area contributed by atoms with Crippen LogP contribution in [0.1, 0.15) is 28.4 Å². The molecule has 0 radical (unpaired) electrons. The van der Waals surface area contributed by atoms with E-state index in [-0.39, 0.29) is 5.78 Å². The van der Waals surface area contributed by atoms with Crippen LogP contribution in [0, 0.1) is 0 Å². The third kappa shape index (κ3) is 2.76. The second-order valence-electron chi connectivity index (χ2n) is 4.34. The Balaban J connectivity index is 2.38. The van der Waals surface area contributed by atoms with Gasteiger partial charge in [0.15, 0.2) is 5.78 Å². The zero-order chi connectivity index (χ0) is 13.8. The van der Waals surface area contributed by atoms with Gasteiger partial charge in [-0.2, -0.15) is 0 Å². The molecule has 2 rings (SSSR count). The molecular formula is C16H17NO2. The van der Waals surface area contributed by atoms with Crippen LogP contribution in [0.25, 0.3) is 0 Å². The van der Waals surface area contributed by atoms with Crippen LogP contribution < -0.4 is 10.5 Å². The van der Waals surface area contributed by atoms with E-state index >= 15 is 0 Å². The molecule has 2 aromatic rings. The number of carbonyl (C=O) groups excluding carboxylic acids is 1. The van der Waals surface area contributed by atoms with Crippen molar-refractivity contribution in [3.63, 3.8) is 0 Å². The average Bonchev–Trinajstić information content (AvgIpc) is 2.46.